The molecule has 9 aromatic carbocycles. The van der Waals surface area contributed by atoms with E-state index >= 15 is 0 Å². The summed E-state index contributed by atoms with van der Waals surface area (Å²) in [6.45, 7) is 0. The molecule has 0 atom stereocenters. The van der Waals surface area contributed by atoms with E-state index in [0.29, 0.717) is 0 Å². The number of nitrogens with zero attached hydrogens (tertiary/aromatic N) is 1. The van der Waals surface area contributed by atoms with Crippen LogP contribution in [0, 0.1) is 0 Å². The normalized spacial score (nSPS) is 11.3. The molecule has 1 heterocycles. The molecule has 10 aromatic rings. The molecule has 0 radical (unpaired) electrons. The molecule has 54 heavy (non-hydrogen) atoms. The molecule has 0 saturated carbocycles. The minimum atomic E-state index is 1.11. The van der Waals surface area contributed by atoms with Crippen molar-refractivity contribution < 1.29 is 0 Å². The van der Waals surface area contributed by atoms with Crippen LogP contribution < -0.4 is 4.90 Å². The number of benzene rings is 9. The molecular weight excluding hydrogens is 671 g/mol. The van der Waals surface area contributed by atoms with E-state index < -0.39 is 0 Å². The van der Waals surface area contributed by atoms with Crippen LogP contribution in [0.25, 0.3) is 75.5 Å². The van der Waals surface area contributed by atoms with E-state index in [9.17, 15) is 0 Å². The van der Waals surface area contributed by atoms with Crippen LogP contribution in [0.3, 0.4) is 0 Å². The third-order valence-electron chi connectivity index (χ3n) is 10.4. The van der Waals surface area contributed by atoms with E-state index in [1.165, 1.54) is 75.5 Å². The van der Waals surface area contributed by atoms with Gasteiger partial charge in [0, 0.05) is 37.2 Å². The van der Waals surface area contributed by atoms with Crippen LogP contribution in [0.4, 0.5) is 17.1 Å². The van der Waals surface area contributed by atoms with Gasteiger partial charge in [-0.25, -0.2) is 0 Å². The van der Waals surface area contributed by atoms with E-state index in [4.69, 9.17) is 0 Å². The lowest BCUT2D eigenvalue weighted by Gasteiger charge is -2.27. The Balaban J connectivity index is 1.07. The van der Waals surface area contributed by atoms with Gasteiger partial charge in [0.15, 0.2) is 0 Å². The largest absolute Gasteiger partial charge is 0.310 e. The van der Waals surface area contributed by atoms with Crippen LogP contribution in [0.5, 0.6) is 0 Å². The molecule has 2 heteroatoms. The van der Waals surface area contributed by atoms with E-state index in [1.54, 1.807) is 0 Å². The molecule has 0 N–H and O–H groups in total. The Morgan fingerprint density at radius 3 is 1.54 bits per heavy atom. The number of anilines is 3. The molecule has 0 fully saturated rings. The Labute approximate surface area is 319 Å². The van der Waals surface area contributed by atoms with Gasteiger partial charge in [0.2, 0.25) is 0 Å². The maximum atomic E-state index is 2.38. The van der Waals surface area contributed by atoms with Gasteiger partial charge < -0.3 is 4.90 Å². The zero-order valence-electron chi connectivity index (χ0n) is 29.6. The second kappa shape index (κ2) is 13.7. The quantitative estimate of drug-likeness (QED) is 0.160. The SMILES string of the molecule is c1ccc(-c2cccc(-c3ccc(N(c4ccccc4)c4ccc(-c5ccc6c(c5)sc5cc7ccccc7cc56)c(-c5ccccc5)c4)cc3)c2)cc1. The van der Waals surface area contributed by atoms with E-state index in [1.807, 2.05) is 11.3 Å². The number of thiophene rings is 1. The lowest BCUT2D eigenvalue weighted by atomic mass is 9.93. The second-order valence-corrected chi connectivity index (χ2v) is 14.9. The number of hydrogen-bond acceptors (Lipinski definition) is 2. The fraction of sp³-hybridized carbons (Fsp3) is 0. The van der Waals surface area contributed by atoms with Crippen molar-refractivity contribution in [3.05, 3.63) is 212 Å². The molecule has 0 spiro atoms. The first kappa shape index (κ1) is 32.0. The van der Waals surface area contributed by atoms with E-state index in [2.05, 4.69) is 217 Å². The van der Waals surface area contributed by atoms with Crippen molar-refractivity contribution in [3.8, 4) is 44.5 Å². The van der Waals surface area contributed by atoms with Crippen molar-refractivity contribution in [1.29, 1.82) is 0 Å². The molecule has 0 aliphatic carbocycles. The van der Waals surface area contributed by atoms with E-state index in [0.717, 1.165) is 17.1 Å². The average Bonchev–Trinajstić information content (AvgIpc) is 3.60. The summed E-state index contributed by atoms with van der Waals surface area (Å²) in [6, 6.07) is 77.1. The molecule has 0 saturated heterocycles. The second-order valence-electron chi connectivity index (χ2n) is 13.8. The number of fused-ring (bicyclic) bond motifs is 4. The monoisotopic (exact) mass is 705 g/mol. The summed E-state index contributed by atoms with van der Waals surface area (Å²) in [5.41, 5.74) is 13.0. The summed E-state index contributed by atoms with van der Waals surface area (Å²) in [6.07, 6.45) is 0. The fourth-order valence-corrected chi connectivity index (χ4v) is 8.92. The van der Waals surface area contributed by atoms with Gasteiger partial charge in [-0.2, -0.15) is 0 Å². The first-order valence-corrected chi connectivity index (χ1v) is 19.2. The predicted molar refractivity (Wildman–Crippen MR) is 233 cm³/mol. The molecule has 254 valence electrons. The third kappa shape index (κ3) is 5.93. The molecule has 0 unspecified atom stereocenters. The summed E-state index contributed by atoms with van der Waals surface area (Å²) in [5, 5.41) is 5.21. The maximum Gasteiger partial charge on any atom is 0.0468 e. The van der Waals surface area contributed by atoms with Crippen LogP contribution in [0.1, 0.15) is 0 Å². The highest BCUT2D eigenvalue weighted by molar-refractivity contribution is 7.25. The van der Waals surface area contributed by atoms with Crippen LogP contribution in [-0.4, -0.2) is 0 Å². The first-order chi connectivity index (χ1) is 26.7. The van der Waals surface area contributed by atoms with Gasteiger partial charge in [0.05, 0.1) is 0 Å². The molecular formula is C52H35NS. The van der Waals surface area contributed by atoms with Gasteiger partial charge in [0.25, 0.3) is 0 Å². The smallest absolute Gasteiger partial charge is 0.0468 e. The van der Waals surface area contributed by atoms with Gasteiger partial charge >= 0.3 is 0 Å². The van der Waals surface area contributed by atoms with Gasteiger partial charge in [-0.15, -0.1) is 11.3 Å². The molecule has 0 aliphatic heterocycles. The number of rotatable bonds is 7. The minimum absolute atomic E-state index is 1.11. The first-order valence-electron chi connectivity index (χ1n) is 18.4. The van der Waals surface area contributed by atoms with E-state index in [-0.39, 0.29) is 0 Å². The molecule has 1 aromatic heterocycles. The Kier molecular flexibility index (Phi) is 8.09. The zero-order valence-corrected chi connectivity index (χ0v) is 30.4. The molecule has 10 rings (SSSR count). The average molecular weight is 706 g/mol. The third-order valence-corrected chi connectivity index (χ3v) is 11.6. The predicted octanol–water partition coefficient (Wildman–Crippen LogP) is 15.3. The van der Waals surface area contributed by atoms with Crippen LogP contribution >= 0.6 is 11.3 Å². The van der Waals surface area contributed by atoms with Gasteiger partial charge in [-0.05, 0) is 116 Å². The highest BCUT2D eigenvalue weighted by atomic mass is 32.1. The fourth-order valence-electron chi connectivity index (χ4n) is 7.75. The van der Waals surface area contributed by atoms with Crippen molar-refractivity contribution >= 4 is 59.3 Å². The van der Waals surface area contributed by atoms with Crippen LogP contribution in [0.2, 0.25) is 0 Å². The summed E-state index contributed by atoms with van der Waals surface area (Å²) >= 11 is 1.88. The Morgan fingerprint density at radius 2 is 0.815 bits per heavy atom. The lowest BCUT2D eigenvalue weighted by Crippen LogP contribution is -2.10. The van der Waals surface area contributed by atoms with Crippen LogP contribution in [-0.2, 0) is 0 Å². The standard InChI is InChI=1S/C52H35NS/c1-4-13-36(14-5-1)39-19-12-20-40(31-39)37-23-26-45(27-24-37)53(44-21-8-3-9-22-44)46-28-30-47(49(35-46)38-15-6-2-7-16-38)43-25-29-48-50-32-41-17-10-11-18-42(41)33-52(50)54-51(48)34-43/h1-35H. The van der Waals surface area contributed by atoms with Gasteiger partial charge in [-0.1, -0.05) is 152 Å². The van der Waals surface area contributed by atoms with Crippen molar-refractivity contribution in [1.82, 2.24) is 0 Å². The Hall–Kier alpha value is -6.74. The Bertz CT molecular complexity index is 2910. The summed E-state index contributed by atoms with van der Waals surface area (Å²) in [5.74, 6) is 0. The van der Waals surface area contributed by atoms with Crippen molar-refractivity contribution in [2.24, 2.45) is 0 Å². The molecule has 0 bridgehead atoms. The van der Waals surface area contributed by atoms with Crippen LogP contribution in [0.15, 0.2) is 212 Å². The number of hydrogen-bond donors (Lipinski definition) is 0. The topological polar surface area (TPSA) is 3.24 Å². The number of para-hydroxylation sites is 1. The lowest BCUT2D eigenvalue weighted by molar-refractivity contribution is 1.28. The van der Waals surface area contributed by atoms with Crippen molar-refractivity contribution in [3.63, 3.8) is 0 Å². The zero-order chi connectivity index (χ0) is 35.8. The van der Waals surface area contributed by atoms with Gasteiger partial charge in [0.1, 0.15) is 0 Å². The molecule has 0 amide bonds. The molecule has 0 aliphatic rings. The molecule has 1 nitrogen and oxygen atoms in total. The Morgan fingerprint density at radius 1 is 0.278 bits per heavy atom. The highest BCUT2D eigenvalue weighted by Gasteiger charge is 2.17. The maximum absolute atomic E-state index is 2.38. The van der Waals surface area contributed by atoms with Crippen molar-refractivity contribution in [2.75, 3.05) is 4.90 Å². The highest BCUT2D eigenvalue weighted by Crippen LogP contribution is 2.43. The summed E-state index contributed by atoms with van der Waals surface area (Å²) < 4.78 is 2.63. The van der Waals surface area contributed by atoms with Crippen molar-refractivity contribution in [2.45, 2.75) is 0 Å². The minimum Gasteiger partial charge on any atom is -0.310 e. The summed E-state index contributed by atoms with van der Waals surface area (Å²) in [7, 11) is 0. The summed E-state index contributed by atoms with van der Waals surface area (Å²) in [4.78, 5) is 2.36. The van der Waals surface area contributed by atoms with Gasteiger partial charge in [-0.3, -0.25) is 0 Å².